The van der Waals surface area contributed by atoms with Crippen LogP contribution in [0.15, 0.2) is 24.3 Å². The summed E-state index contributed by atoms with van der Waals surface area (Å²) in [5.41, 5.74) is -0.339. The second-order valence-electron chi connectivity index (χ2n) is 6.46. The molecular formula is C17H21F3N2O3. The maximum atomic E-state index is 12.9. The van der Waals surface area contributed by atoms with Crippen LogP contribution in [0.1, 0.15) is 23.6 Å². The van der Waals surface area contributed by atoms with Gasteiger partial charge in [-0.25, -0.2) is 0 Å². The number of halogens is 3. The minimum atomic E-state index is -4.43. The largest absolute Gasteiger partial charge is 0.416 e. The molecule has 1 amide bonds. The van der Waals surface area contributed by atoms with E-state index >= 15 is 0 Å². The van der Waals surface area contributed by atoms with Gasteiger partial charge in [-0.15, -0.1) is 0 Å². The minimum absolute atomic E-state index is 0.143. The van der Waals surface area contributed by atoms with E-state index < -0.39 is 23.9 Å². The van der Waals surface area contributed by atoms with Gasteiger partial charge in [0.2, 0.25) is 5.91 Å². The number of hydrogen-bond acceptors (Lipinski definition) is 4. The van der Waals surface area contributed by atoms with Gasteiger partial charge in [0.15, 0.2) is 0 Å². The van der Waals surface area contributed by atoms with Gasteiger partial charge in [0.25, 0.3) is 0 Å². The zero-order valence-corrected chi connectivity index (χ0v) is 13.7. The maximum Gasteiger partial charge on any atom is 0.416 e. The van der Waals surface area contributed by atoms with Gasteiger partial charge in [0.05, 0.1) is 37.5 Å². The molecule has 0 bridgehead atoms. The van der Waals surface area contributed by atoms with E-state index in [2.05, 4.69) is 0 Å². The first kappa shape index (κ1) is 18.2. The third-order valence-corrected chi connectivity index (χ3v) is 4.66. The third-order valence-electron chi connectivity index (χ3n) is 4.66. The fourth-order valence-corrected chi connectivity index (χ4v) is 3.37. The molecule has 2 aliphatic rings. The Hall–Kier alpha value is -1.64. The molecule has 2 fully saturated rings. The summed E-state index contributed by atoms with van der Waals surface area (Å²) in [7, 11) is 0. The predicted molar refractivity (Wildman–Crippen MR) is 83.8 cm³/mol. The maximum absolute atomic E-state index is 12.9. The van der Waals surface area contributed by atoms with Crippen LogP contribution in [-0.2, 0) is 15.7 Å². The minimum Gasteiger partial charge on any atom is -0.391 e. The van der Waals surface area contributed by atoms with Crippen molar-refractivity contribution in [1.82, 2.24) is 9.80 Å². The van der Waals surface area contributed by atoms with Crippen LogP contribution >= 0.6 is 0 Å². The standard InChI is InChI=1S/C17H21F3N2O3/c18-17(19,20)13-3-1-2-12(8-13)15-9-14(23)10-22(15)16(24)11-21-4-6-25-7-5-21/h1-3,8,14-15,23H,4-7,9-11H2/t14-,15+/m0/s1. The van der Waals surface area contributed by atoms with Crippen molar-refractivity contribution in [2.24, 2.45) is 0 Å². The topological polar surface area (TPSA) is 53.0 Å². The number of aliphatic hydroxyl groups excluding tert-OH is 1. The van der Waals surface area contributed by atoms with Gasteiger partial charge in [0.1, 0.15) is 0 Å². The summed E-state index contributed by atoms with van der Waals surface area (Å²) >= 11 is 0. The van der Waals surface area contributed by atoms with Crippen molar-refractivity contribution in [2.75, 3.05) is 39.4 Å². The Labute approximate surface area is 144 Å². The van der Waals surface area contributed by atoms with Crippen LogP contribution in [0.2, 0.25) is 0 Å². The Morgan fingerprint density at radius 3 is 2.68 bits per heavy atom. The quantitative estimate of drug-likeness (QED) is 0.893. The van der Waals surface area contributed by atoms with Crippen molar-refractivity contribution in [1.29, 1.82) is 0 Å². The molecule has 0 aromatic heterocycles. The molecular weight excluding hydrogens is 337 g/mol. The van der Waals surface area contributed by atoms with Crippen LogP contribution in [0.25, 0.3) is 0 Å². The lowest BCUT2D eigenvalue weighted by atomic mass is 10.0. The van der Waals surface area contributed by atoms with Crippen LogP contribution in [0.5, 0.6) is 0 Å². The molecule has 1 N–H and O–H groups in total. The van der Waals surface area contributed by atoms with E-state index in [0.29, 0.717) is 31.9 Å². The van der Waals surface area contributed by atoms with Crippen LogP contribution in [0.4, 0.5) is 13.2 Å². The van der Waals surface area contributed by atoms with E-state index in [1.165, 1.54) is 11.0 Å². The highest BCUT2D eigenvalue weighted by molar-refractivity contribution is 5.79. The molecule has 0 unspecified atom stereocenters. The van der Waals surface area contributed by atoms with Crippen molar-refractivity contribution < 1.29 is 27.8 Å². The number of amides is 1. The first-order valence-corrected chi connectivity index (χ1v) is 8.29. The molecule has 0 spiro atoms. The fraction of sp³-hybridized carbons (Fsp3) is 0.588. The second-order valence-corrected chi connectivity index (χ2v) is 6.46. The molecule has 25 heavy (non-hydrogen) atoms. The van der Waals surface area contributed by atoms with E-state index in [-0.39, 0.29) is 25.4 Å². The lowest BCUT2D eigenvalue weighted by Crippen LogP contribution is -2.44. The lowest BCUT2D eigenvalue weighted by Gasteiger charge is -2.30. The number of rotatable bonds is 3. The van der Waals surface area contributed by atoms with Gasteiger partial charge in [-0.2, -0.15) is 13.2 Å². The summed E-state index contributed by atoms with van der Waals surface area (Å²) in [5, 5.41) is 9.97. The molecule has 1 aromatic rings. The molecule has 2 saturated heterocycles. The number of carbonyl (C=O) groups is 1. The molecule has 2 heterocycles. The van der Waals surface area contributed by atoms with Crippen molar-refractivity contribution >= 4 is 5.91 Å². The van der Waals surface area contributed by atoms with Crippen LogP contribution in [-0.4, -0.2) is 66.3 Å². The summed E-state index contributed by atoms with van der Waals surface area (Å²) in [4.78, 5) is 16.1. The number of alkyl halides is 3. The van der Waals surface area contributed by atoms with Crippen molar-refractivity contribution in [3.63, 3.8) is 0 Å². The number of β-amino-alcohol motifs (C(OH)–C–C–N with tert-alkyl or cyclic N) is 1. The molecule has 0 aliphatic carbocycles. The molecule has 138 valence electrons. The Kier molecular flexibility index (Phi) is 5.31. The summed E-state index contributed by atoms with van der Waals surface area (Å²) in [6.45, 7) is 2.75. The zero-order chi connectivity index (χ0) is 18.0. The molecule has 0 radical (unpaired) electrons. The first-order chi connectivity index (χ1) is 11.8. The highest BCUT2D eigenvalue weighted by Crippen LogP contribution is 2.36. The monoisotopic (exact) mass is 358 g/mol. The van der Waals surface area contributed by atoms with Crippen LogP contribution < -0.4 is 0 Å². The highest BCUT2D eigenvalue weighted by atomic mass is 19.4. The number of aliphatic hydroxyl groups is 1. The fourth-order valence-electron chi connectivity index (χ4n) is 3.37. The van der Waals surface area contributed by atoms with Gasteiger partial charge >= 0.3 is 6.18 Å². The Bertz CT molecular complexity index is 617. The van der Waals surface area contributed by atoms with Gasteiger partial charge in [-0.3, -0.25) is 9.69 Å². The zero-order valence-electron chi connectivity index (χ0n) is 13.7. The van der Waals surface area contributed by atoms with E-state index in [1.807, 2.05) is 4.90 Å². The van der Waals surface area contributed by atoms with E-state index in [9.17, 15) is 23.1 Å². The summed E-state index contributed by atoms with van der Waals surface area (Å²) in [6, 6.07) is 4.46. The van der Waals surface area contributed by atoms with Crippen molar-refractivity contribution in [2.45, 2.75) is 24.7 Å². The van der Waals surface area contributed by atoms with E-state index in [0.717, 1.165) is 12.1 Å². The predicted octanol–water partition coefficient (Wildman–Crippen LogP) is 1.67. The highest BCUT2D eigenvalue weighted by Gasteiger charge is 2.37. The number of carbonyl (C=O) groups excluding carboxylic acids is 1. The lowest BCUT2D eigenvalue weighted by molar-refractivity contribution is -0.137. The molecule has 8 heteroatoms. The second kappa shape index (κ2) is 7.31. The third kappa shape index (κ3) is 4.31. The molecule has 1 aromatic carbocycles. The number of ether oxygens (including phenoxy) is 1. The molecule has 2 aliphatic heterocycles. The number of hydrogen-bond donors (Lipinski definition) is 1. The van der Waals surface area contributed by atoms with Gasteiger partial charge in [-0.1, -0.05) is 12.1 Å². The number of morpholine rings is 1. The average molecular weight is 358 g/mol. The van der Waals surface area contributed by atoms with Crippen molar-refractivity contribution in [3.8, 4) is 0 Å². The SMILES string of the molecule is O=C(CN1CCOCC1)N1C[C@@H](O)C[C@@H]1c1cccc(C(F)(F)F)c1. The van der Waals surface area contributed by atoms with Gasteiger partial charge in [0, 0.05) is 19.6 Å². The molecule has 3 rings (SSSR count). The van der Waals surface area contributed by atoms with E-state index in [4.69, 9.17) is 4.74 Å². The summed E-state index contributed by atoms with van der Waals surface area (Å²) < 4.78 is 44.1. The first-order valence-electron chi connectivity index (χ1n) is 8.29. The smallest absolute Gasteiger partial charge is 0.391 e. The number of likely N-dealkylation sites (tertiary alicyclic amines) is 1. The number of nitrogens with zero attached hydrogens (tertiary/aromatic N) is 2. The van der Waals surface area contributed by atoms with Crippen LogP contribution in [0.3, 0.4) is 0 Å². The van der Waals surface area contributed by atoms with E-state index in [1.54, 1.807) is 6.07 Å². The molecule has 2 atom stereocenters. The van der Waals surface area contributed by atoms with Crippen LogP contribution in [0, 0.1) is 0 Å². The Balaban J connectivity index is 1.76. The van der Waals surface area contributed by atoms with Crippen molar-refractivity contribution in [3.05, 3.63) is 35.4 Å². The average Bonchev–Trinajstić information content (AvgIpc) is 2.97. The Morgan fingerprint density at radius 2 is 2.00 bits per heavy atom. The van der Waals surface area contributed by atoms with Gasteiger partial charge < -0.3 is 14.7 Å². The summed E-state index contributed by atoms with van der Waals surface area (Å²) in [5.74, 6) is -0.180. The molecule has 5 nitrogen and oxygen atoms in total. The van der Waals surface area contributed by atoms with Gasteiger partial charge in [-0.05, 0) is 24.1 Å². The normalized spacial score (nSPS) is 25.4. The summed E-state index contributed by atoms with van der Waals surface area (Å²) in [6.07, 6.45) is -4.92. The number of benzene rings is 1. The Morgan fingerprint density at radius 1 is 1.28 bits per heavy atom. The molecule has 0 saturated carbocycles.